The molecule has 1 aliphatic heterocycles. The number of aromatic nitrogens is 2. The molecular formula is C21H19ClN2O4. The van der Waals surface area contributed by atoms with Crippen LogP contribution in [0.1, 0.15) is 30.9 Å². The lowest BCUT2D eigenvalue weighted by atomic mass is 9.82. The van der Waals surface area contributed by atoms with Gasteiger partial charge in [-0.25, -0.2) is 9.36 Å². The third-order valence-corrected chi connectivity index (χ3v) is 5.24. The molecule has 0 saturated carbocycles. The van der Waals surface area contributed by atoms with Crippen molar-refractivity contribution in [2.24, 2.45) is 0 Å². The van der Waals surface area contributed by atoms with Gasteiger partial charge in [0.25, 0.3) is 5.56 Å². The molecule has 1 atom stereocenters. The van der Waals surface area contributed by atoms with Crippen LogP contribution in [0.2, 0.25) is 5.02 Å². The van der Waals surface area contributed by atoms with E-state index >= 15 is 0 Å². The van der Waals surface area contributed by atoms with Gasteiger partial charge < -0.3 is 9.47 Å². The van der Waals surface area contributed by atoms with Crippen LogP contribution in [0.15, 0.2) is 58.1 Å². The number of rotatable bonds is 3. The number of aromatic amines is 1. The highest BCUT2D eigenvalue weighted by atomic mass is 35.5. The van der Waals surface area contributed by atoms with E-state index in [9.17, 15) is 9.59 Å². The SMILES string of the molecule is COc1ccc(-n2c(=O)[nH]c3c(c2=O)C(c2ccc(Cl)cc2)C(C)(C)O3)cc1. The Morgan fingerprint density at radius 3 is 2.32 bits per heavy atom. The molecule has 0 aliphatic carbocycles. The monoisotopic (exact) mass is 398 g/mol. The van der Waals surface area contributed by atoms with Crippen molar-refractivity contribution < 1.29 is 9.47 Å². The van der Waals surface area contributed by atoms with Crippen LogP contribution in [0.3, 0.4) is 0 Å². The molecule has 0 fully saturated rings. The zero-order valence-electron chi connectivity index (χ0n) is 15.7. The molecule has 1 aliphatic rings. The molecule has 0 amide bonds. The van der Waals surface area contributed by atoms with E-state index in [1.165, 1.54) is 0 Å². The van der Waals surface area contributed by atoms with Crippen molar-refractivity contribution in [1.82, 2.24) is 9.55 Å². The lowest BCUT2D eigenvalue weighted by Crippen LogP contribution is -2.36. The van der Waals surface area contributed by atoms with Gasteiger partial charge in [0.15, 0.2) is 0 Å². The summed E-state index contributed by atoms with van der Waals surface area (Å²) in [5.74, 6) is 0.497. The molecule has 2 aromatic carbocycles. The fourth-order valence-electron chi connectivity index (χ4n) is 3.72. The molecule has 7 heteroatoms. The number of fused-ring (bicyclic) bond motifs is 1. The van der Waals surface area contributed by atoms with Crippen LogP contribution >= 0.6 is 11.6 Å². The number of hydrogen-bond donors (Lipinski definition) is 1. The van der Waals surface area contributed by atoms with Gasteiger partial charge in [-0.2, -0.15) is 0 Å². The summed E-state index contributed by atoms with van der Waals surface area (Å²) >= 11 is 6.02. The number of methoxy groups -OCH3 is 1. The first kappa shape index (κ1) is 18.4. The second-order valence-corrected chi connectivity index (χ2v) is 7.64. The van der Waals surface area contributed by atoms with Gasteiger partial charge in [-0.05, 0) is 55.8 Å². The van der Waals surface area contributed by atoms with E-state index in [-0.39, 0.29) is 11.8 Å². The Labute approximate surface area is 166 Å². The fourth-order valence-corrected chi connectivity index (χ4v) is 3.85. The quantitative estimate of drug-likeness (QED) is 0.733. The van der Waals surface area contributed by atoms with E-state index in [1.807, 2.05) is 26.0 Å². The van der Waals surface area contributed by atoms with Crippen molar-refractivity contribution in [3.05, 3.63) is 85.5 Å². The molecule has 4 rings (SSSR count). The minimum atomic E-state index is -0.711. The molecule has 1 unspecified atom stereocenters. The van der Waals surface area contributed by atoms with Crippen molar-refractivity contribution in [1.29, 1.82) is 0 Å². The van der Waals surface area contributed by atoms with Gasteiger partial charge in [0, 0.05) is 5.02 Å². The van der Waals surface area contributed by atoms with Crippen molar-refractivity contribution >= 4 is 11.6 Å². The molecule has 0 bridgehead atoms. The van der Waals surface area contributed by atoms with Crippen LogP contribution in [-0.4, -0.2) is 22.3 Å². The molecule has 0 saturated heterocycles. The summed E-state index contributed by atoms with van der Waals surface area (Å²) in [6.07, 6.45) is 0. The highest BCUT2D eigenvalue weighted by Gasteiger charge is 2.45. The van der Waals surface area contributed by atoms with E-state index in [4.69, 9.17) is 21.1 Å². The molecule has 3 aromatic rings. The fraction of sp³-hybridized carbons (Fsp3) is 0.238. The highest BCUT2D eigenvalue weighted by molar-refractivity contribution is 6.30. The maximum Gasteiger partial charge on any atom is 0.335 e. The van der Waals surface area contributed by atoms with Crippen LogP contribution in [0.25, 0.3) is 5.69 Å². The predicted molar refractivity (Wildman–Crippen MR) is 107 cm³/mol. The lowest BCUT2D eigenvalue weighted by Gasteiger charge is -2.26. The first-order chi connectivity index (χ1) is 13.3. The highest BCUT2D eigenvalue weighted by Crippen LogP contribution is 2.45. The minimum absolute atomic E-state index is 0.213. The van der Waals surface area contributed by atoms with Crippen LogP contribution in [0.4, 0.5) is 0 Å². The normalized spacial score (nSPS) is 17.1. The Bertz CT molecular complexity index is 1150. The third kappa shape index (κ3) is 2.90. The number of nitrogens with one attached hydrogen (secondary N) is 1. The maximum absolute atomic E-state index is 13.4. The molecule has 1 aromatic heterocycles. The zero-order valence-corrected chi connectivity index (χ0v) is 16.4. The summed E-state index contributed by atoms with van der Waals surface area (Å²) < 4.78 is 12.2. The average Bonchev–Trinajstić information content (AvgIpc) is 2.93. The summed E-state index contributed by atoms with van der Waals surface area (Å²) in [5, 5.41) is 0.609. The standard InChI is InChI=1S/C21H19ClN2O4/c1-21(2)17(12-4-6-13(22)7-5-12)16-18(28-21)23-20(26)24(19(16)25)14-8-10-15(27-3)11-9-14/h4-11,17H,1-3H3,(H,23,26). The van der Waals surface area contributed by atoms with Crippen LogP contribution in [-0.2, 0) is 0 Å². The molecule has 28 heavy (non-hydrogen) atoms. The summed E-state index contributed by atoms with van der Waals surface area (Å²) in [6.45, 7) is 3.78. The van der Waals surface area contributed by atoms with E-state index in [0.717, 1.165) is 10.1 Å². The molecule has 2 heterocycles. The molecule has 0 radical (unpaired) electrons. The average molecular weight is 399 g/mol. The number of benzene rings is 2. The van der Waals surface area contributed by atoms with Crippen LogP contribution in [0, 0.1) is 0 Å². The Morgan fingerprint density at radius 1 is 1.07 bits per heavy atom. The van der Waals surface area contributed by atoms with E-state index in [1.54, 1.807) is 43.5 Å². The molecular weight excluding hydrogens is 380 g/mol. The van der Waals surface area contributed by atoms with Crippen molar-refractivity contribution in [3.63, 3.8) is 0 Å². The van der Waals surface area contributed by atoms with Crippen molar-refractivity contribution in [2.75, 3.05) is 7.11 Å². The van der Waals surface area contributed by atoms with Crippen molar-refractivity contribution in [3.8, 4) is 17.3 Å². The first-order valence-electron chi connectivity index (χ1n) is 8.80. The van der Waals surface area contributed by atoms with Gasteiger partial charge in [-0.1, -0.05) is 23.7 Å². The van der Waals surface area contributed by atoms with Crippen LogP contribution < -0.4 is 20.7 Å². The van der Waals surface area contributed by atoms with Gasteiger partial charge in [-0.3, -0.25) is 9.78 Å². The van der Waals surface area contributed by atoms with E-state index in [2.05, 4.69) is 4.98 Å². The lowest BCUT2D eigenvalue weighted by molar-refractivity contribution is 0.117. The van der Waals surface area contributed by atoms with Crippen LogP contribution in [0.5, 0.6) is 11.6 Å². The van der Waals surface area contributed by atoms with Gasteiger partial charge in [-0.15, -0.1) is 0 Å². The third-order valence-electron chi connectivity index (χ3n) is 4.98. The number of nitrogens with zero attached hydrogens (tertiary/aromatic N) is 1. The largest absolute Gasteiger partial charge is 0.497 e. The van der Waals surface area contributed by atoms with Gasteiger partial charge in [0.2, 0.25) is 5.88 Å². The van der Waals surface area contributed by atoms with Gasteiger partial charge in [0.05, 0.1) is 24.3 Å². The van der Waals surface area contributed by atoms with Crippen molar-refractivity contribution in [2.45, 2.75) is 25.4 Å². The minimum Gasteiger partial charge on any atom is -0.497 e. The number of H-pyrrole nitrogens is 1. The number of hydrogen-bond acceptors (Lipinski definition) is 4. The molecule has 0 spiro atoms. The Hall–Kier alpha value is -2.99. The summed E-state index contributed by atoms with van der Waals surface area (Å²) in [4.78, 5) is 28.7. The second kappa shape index (κ2) is 6.56. The summed E-state index contributed by atoms with van der Waals surface area (Å²) in [5.41, 5.74) is 0.0869. The summed E-state index contributed by atoms with van der Waals surface area (Å²) in [6, 6.07) is 14.0. The number of halogens is 1. The second-order valence-electron chi connectivity index (χ2n) is 7.20. The Kier molecular flexibility index (Phi) is 4.31. The summed E-state index contributed by atoms with van der Waals surface area (Å²) in [7, 11) is 1.56. The smallest absolute Gasteiger partial charge is 0.335 e. The maximum atomic E-state index is 13.4. The topological polar surface area (TPSA) is 73.3 Å². The molecule has 1 N–H and O–H groups in total. The Morgan fingerprint density at radius 2 is 1.71 bits per heavy atom. The van der Waals surface area contributed by atoms with E-state index < -0.39 is 16.9 Å². The zero-order chi connectivity index (χ0) is 20.1. The number of ether oxygens (including phenoxy) is 2. The molecule has 6 nitrogen and oxygen atoms in total. The van der Waals surface area contributed by atoms with E-state index in [0.29, 0.717) is 22.0 Å². The first-order valence-corrected chi connectivity index (χ1v) is 9.18. The van der Waals surface area contributed by atoms with Gasteiger partial charge in [0.1, 0.15) is 11.4 Å². The van der Waals surface area contributed by atoms with Gasteiger partial charge >= 0.3 is 5.69 Å². The Balaban J connectivity index is 1.93. The predicted octanol–water partition coefficient (Wildman–Crippen LogP) is 3.49. The molecule has 144 valence electrons.